The molecule has 3 N–H and O–H groups in total. The van der Waals surface area contributed by atoms with Crippen molar-refractivity contribution in [2.45, 2.75) is 36.9 Å². The predicted molar refractivity (Wildman–Crippen MR) is 83.3 cm³/mol. The molecular weight excluding hydrogens is 270 g/mol. The summed E-state index contributed by atoms with van der Waals surface area (Å²) in [5, 5.41) is 0.946. The van der Waals surface area contributed by atoms with Gasteiger partial charge in [0.25, 0.3) is 0 Å². The number of rotatable bonds is 5. The second-order valence-corrected chi connectivity index (χ2v) is 6.45. The fraction of sp³-hybridized carbons (Fsp3) is 0.533. The maximum Gasteiger partial charge on any atom is 0.166 e. The minimum Gasteiger partial charge on any atom is -0.497 e. The molecule has 5 heteroatoms. The van der Waals surface area contributed by atoms with E-state index in [0.717, 1.165) is 27.7 Å². The van der Waals surface area contributed by atoms with Crippen molar-refractivity contribution in [2.24, 2.45) is 11.7 Å². The third-order valence-corrected chi connectivity index (χ3v) is 5.10. The number of thioether (sulfide) groups is 1. The molecule has 0 bridgehead atoms. The highest BCUT2D eigenvalue weighted by Crippen LogP contribution is 2.30. The molecule has 1 heterocycles. The van der Waals surface area contributed by atoms with E-state index in [4.69, 9.17) is 10.5 Å². The quantitative estimate of drug-likeness (QED) is 0.830. The van der Waals surface area contributed by atoms with Gasteiger partial charge in [-0.05, 0) is 30.9 Å². The Morgan fingerprint density at radius 3 is 3.00 bits per heavy atom. The van der Waals surface area contributed by atoms with Gasteiger partial charge in [0.05, 0.1) is 18.1 Å². The van der Waals surface area contributed by atoms with Crippen molar-refractivity contribution >= 4 is 22.8 Å². The highest BCUT2D eigenvalue weighted by molar-refractivity contribution is 7.99. The van der Waals surface area contributed by atoms with Crippen LogP contribution in [0.3, 0.4) is 0 Å². The number of hydrogen-bond donors (Lipinski definition) is 2. The topological polar surface area (TPSA) is 63.9 Å². The number of nitrogens with zero attached hydrogens (tertiary/aromatic N) is 1. The maximum atomic E-state index is 6.28. The minimum absolute atomic E-state index is 0.283. The Bertz CT molecular complexity index is 578. The first kappa shape index (κ1) is 13.8. The summed E-state index contributed by atoms with van der Waals surface area (Å²) in [6.45, 7) is 0. The molecule has 4 nitrogen and oxygen atoms in total. The van der Waals surface area contributed by atoms with Gasteiger partial charge in [-0.2, -0.15) is 0 Å². The Kier molecular flexibility index (Phi) is 4.17. The molecule has 20 heavy (non-hydrogen) atoms. The molecule has 1 saturated carbocycles. The number of benzene rings is 1. The molecule has 1 aromatic carbocycles. The van der Waals surface area contributed by atoms with E-state index < -0.39 is 0 Å². The van der Waals surface area contributed by atoms with Gasteiger partial charge >= 0.3 is 0 Å². The number of H-pyrrole nitrogens is 1. The number of nitrogens with one attached hydrogen (secondary N) is 1. The Hall–Kier alpha value is -1.20. The number of ether oxygens (including phenoxy) is 1. The molecule has 1 aliphatic carbocycles. The molecule has 0 radical (unpaired) electrons. The summed E-state index contributed by atoms with van der Waals surface area (Å²) < 4.78 is 5.22. The molecule has 1 aromatic heterocycles. The summed E-state index contributed by atoms with van der Waals surface area (Å²) in [7, 11) is 1.67. The van der Waals surface area contributed by atoms with E-state index in [1.165, 1.54) is 25.7 Å². The average Bonchev–Trinajstić information content (AvgIpc) is 3.12. The standard InChI is InChI=1S/C15H21N3OS/c1-19-11-6-7-13-14(8-11)18-15(17-13)20-9-12(16)10-4-2-3-5-10/h6-8,10,12H,2-5,9,16H2,1H3,(H,17,18). The van der Waals surface area contributed by atoms with Crippen molar-refractivity contribution in [2.75, 3.05) is 12.9 Å². The van der Waals surface area contributed by atoms with Crippen LogP contribution in [0.2, 0.25) is 0 Å². The largest absolute Gasteiger partial charge is 0.497 e. The molecule has 1 unspecified atom stereocenters. The van der Waals surface area contributed by atoms with Gasteiger partial charge in [0.15, 0.2) is 5.16 Å². The van der Waals surface area contributed by atoms with Crippen LogP contribution < -0.4 is 10.5 Å². The smallest absolute Gasteiger partial charge is 0.166 e. The molecule has 2 aromatic rings. The summed E-state index contributed by atoms with van der Waals surface area (Å²) >= 11 is 1.72. The zero-order chi connectivity index (χ0) is 13.9. The second kappa shape index (κ2) is 6.06. The number of nitrogens with two attached hydrogens (primary N) is 1. The van der Waals surface area contributed by atoms with Crippen LogP contribution in [0.25, 0.3) is 11.0 Å². The first-order valence-electron chi connectivity index (χ1n) is 7.18. The molecular formula is C15H21N3OS. The van der Waals surface area contributed by atoms with E-state index in [9.17, 15) is 0 Å². The summed E-state index contributed by atoms with van der Waals surface area (Å²) in [5.41, 5.74) is 8.27. The molecule has 1 fully saturated rings. The van der Waals surface area contributed by atoms with Crippen LogP contribution in [-0.2, 0) is 0 Å². The minimum atomic E-state index is 0.283. The van der Waals surface area contributed by atoms with Crippen LogP contribution in [0.15, 0.2) is 23.4 Å². The van der Waals surface area contributed by atoms with Gasteiger partial charge in [0.2, 0.25) is 0 Å². The van der Waals surface area contributed by atoms with E-state index in [-0.39, 0.29) is 6.04 Å². The molecule has 0 amide bonds. The van der Waals surface area contributed by atoms with Crippen LogP contribution in [-0.4, -0.2) is 28.9 Å². The molecule has 1 atom stereocenters. The normalized spacial score (nSPS) is 17.7. The van der Waals surface area contributed by atoms with Crippen molar-refractivity contribution in [3.8, 4) is 5.75 Å². The number of aromatic amines is 1. The Labute approximate surface area is 123 Å². The highest BCUT2D eigenvalue weighted by atomic mass is 32.2. The number of imidazole rings is 1. The van der Waals surface area contributed by atoms with E-state index >= 15 is 0 Å². The van der Waals surface area contributed by atoms with E-state index in [0.29, 0.717) is 5.92 Å². The first-order valence-corrected chi connectivity index (χ1v) is 8.17. The summed E-state index contributed by atoms with van der Waals surface area (Å²) in [6, 6.07) is 6.17. The van der Waals surface area contributed by atoms with Crippen molar-refractivity contribution in [3.05, 3.63) is 18.2 Å². The zero-order valence-electron chi connectivity index (χ0n) is 11.8. The molecule has 0 saturated heterocycles. The first-order chi connectivity index (χ1) is 9.76. The van der Waals surface area contributed by atoms with Crippen molar-refractivity contribution in [1.82, 2.24) is 9.97 Å². The zero-order valence-corrected chi connectivity index (χ0v) is 12.6. The van der Waals surface area contributed by atoms with Gasteiger partial charge in [-0.1, -0.05) is 24.6 Å². The Morgan fingerprint density at radius 2 is 2.25 bits per heavy atom. The number of hydrogen-bond acceptors (Lipinski definition) is 4. The lowest BCUT2D eigenvalue weighted by atomic mass is 10.0. The number of aromatic nitrogens is 2. The van der Waals surface area contributed by atoms with Crippen molar-refractivity contribution < 1.29 is 4.74 Å². The predicted octanol–water partition coefficient (Wildman–Crippen LogP) is 3.18. The average molecular weight is 291 g/mol. The lowest BCUT2D eigenvalue weighted by Crippen LogP contribution is -2.30. The van der Waals surface area contributed by atoms with Gasteiger partial charge in [-0.25, -0.2) is 4.98 Å². The highest BCUT2D eigenvalue weighted by Gasteiger charge is 2.22. The molecule has 0 aliphatic heterocycles. The third kappa shape index (κ3) is 2.94. The van der Waals surface area contributed by atoms with Crippen molar-refractivity contribution in [3.63, 3.8) is 0 Å². The SMILES string of the molecule is COc1ccc2nc(SCC(N)C3CCCC3)[nH]c2c1. The summed E-state index contributed by atoms with van der Waals surface area (Å²) in [6.07, 6.45) is 5.26. The van der Waals surface area contributed by atoms with E-state index in [1.54, 1.807) is 18.9 Å². The lowest BCUT2D eigenvalue weighted by Gasteiger charge is -2.17. The van der Waals surface area contributed by atoms with E-state index in [1.807, 2.05) is 18.2 Å². The lowest BCUT2D eigenvalue weighted by molar-refractivity contribution is 0.415. The second-order valence-electron chi connectivity index (χ2n) is 5.44. The van der Waals surface area contributed by atoms with Crippen molar-refractivity contribution in [1.29, 1.82) is 0 Å². The Balaban J connectivity index is 1.65. The number of methoxy groups -OCH3 is 1. The fourth-order valence-corrected chi connectivity index (χ4v) is 3.82. The van der Waals surface area contributed by atoms with Gasteiger partial charge in [0, 0.05) is 17.9 Å². The van der Waals surface area contributed by atoms with E-state index in [2.05, 4.69) is 9.97 Å². The van der Waals surface area contributed by atoms with Gasteiger partial charge < -0.3 is 15.5 Å². The summed E-state index contributed by atoms with van der Waals surface area (Å²) in [5.74, 6) is 2.48. The van der Waals surface area contributed by atoms with Crippen LogP contribution in [0.5, 0.6) is 5.75 Å². The van der Waals surface area contributed by atoms with Gasteiger partial charge in [0.1, 0.15) is 5.75 Å². The number of fused-ring (bicyclic) bond motifs is 1. The van der Waals surface area contributed by atoms with Crippen LogP contribution in [0.4, 0.5) is 0 Å². The van der Waals surface area contributed by atoms with Crippen LogP contribution >= 0.6 is 11.8 Å². The van der Waals surface area contributed by atoms with Crippen LogP contribution in [0.1, 0.15) is 25.7 Å². The summed E-state index contributed by atoms with van der Waals surface area (Å²) in [4.78, 5) is 7.92. The van der Waals surface area contributed by atoms with Gasteiger partial charge in [-0.3, -0.25) is 0 Å². The molecule has 3 rings (SSSR count). The van der Waals surface area contributed by atoms with Gasteiger partial charge in [-0.15, -0.1) is 0 Å². The van der Waals surface area contributed by atoms with Crippen LogP contribution in [0, 0.1) is 5.92 Å². The maximum absolute atomic E-state index is 6.28. The monoisotopic (exact) mass is 291 g/mol. The molecule has 1 aliphatic rings. The molecule has 0 spiro atoms. The molecule has 108 valence electrons. The Morgan fingerprint density at radius 1 is 1.45 bits per heavy atom. The third-order valence-electron chi connectivity index (χ3n) is 4.09. The fourth-order valence-electron chi connectivity index (χ4n) is 2.86.